The first-order valence-corrected chi connectivity index (χ1v) is 6.57. The molecule has 7 nitrogen and oxygen atoms in total. The number of nitrogens with zero attached hydrogens (tertiary/aromatic N) is 3. The highest BCUT2D eigenvalue weighted by Crippen LogP contribution is 2.27. The second-order valence-electron chi connectivity index (χ2n) is 5.03. The predicted octanol–water partition coefficient (Wildman–Crippen LogP) is 1.22. The molecule has 1 fully saturated rings. The maximum Gasteiger partial charge on any atom is 0.308 e. The van der Waals surface area contributed by atoms with E-state index >= 15 is 0 Å². The number of aliphatic carboxylic acids is 1. The van der Waals surface area contributed by atoms with Crippen LogP contribution in [0.1, 0.15) is 12.2 Å². The molecule has 0 radical (unpaired) electrons. The number of aromatic nitrogens is 3. The Morgan fingerprint density at radius 2 is 2.10 bits per heavy atom. The summed E-state index contributed by atoms with van der Waals surface area (Å²) in [7, 11) is 0. The molecule has 1 aromatic heterocycles. The van der Waals surface area contributed by atoms with Crippen LogP contribution in [0.15, 0.2) is 24.3 Å². The normalized spacial score (nSPS) is 18.2. The molecular formula is C14H14N4O3. The van der Waals surface area contributed by atoms with Gasteiger partial charge in [-0.1, -0.05) is 0 Å². The van der Waals surface area contributed by atoms with Crippen LogP contribution in [-0.4, -0.2) is 38.7 Å². The molecule has 1 saturated heterocycles. The fourth-order valence-corrected chi connectivity index (χ4v) is 2.38. The van der Waals surface area contributed by atoms with Crippen molar-refractivity contribution < 1.29 is 14.7 Å². The summed E-state index contributed by atoms with van der Waals surface area (Å²) in [6, 6.07) is 7.20. The molecule has 0 aliphatic carbocycles. The molecule has 7 heteroatoms. The van der Waals surface area contributed by atoms with E-state index in [-0.39, 0.29) is 18.9 Å². The minimum atomic E-state index is -0.932. The van der Waals surface area contributed by atoms with Gasteiger partial charge in [-0.25, -0.2) is 4.98 Å². The Morgan fingerprint density at radius 1 is 1.38 bits per heavy atom. The molecule has 1 aliphatic heterocycles. The van der Waals surface area contributed by atoms with Gasteiger partial charge in [-0.05, 0) is 31.2 Å². The fraction of sp³-hybridized carbons (Fsp3) is 0.286. The van der Waals surface area contributed by atoms with Gasteiger partial charge in [0.15, 0.2) is 5.82 Å². The van der Waals surface area contributed by atoms with E-state index in [1.54, 1.807) is 12.1 Å². The maximum absolute atomic E-state index is 11.9. The Hall–Kier alpha value is -2.70. The van der Waals surface area contributed by atoms with Gasteiger partial charge in [-0.3, -0.25) is 14.7 Å². The quantitative estimate of drug-likeness (QED) is 0.883. The number of nitrogens with one attached hydrogen (secondary N) is 1. The molecule has 2 aromatic rings. The van der Waals surface area contributed by atoms with Crippen molar-refractivity contribution in [3.63, 3.8) is 0 Å². The summed E-state index contributed by atoms with van der Waals surface area (Å²) in [4.78, 5) is 28.6. The zero-order valence-electron chi connectivity index (χ0n) is 11.4. The first-order chi connectivity index (χ1) is 10.0. The van der Waals surface area contributed by atoms with Crippen molar-refractivity contribution >= 4 is 17.6 Å². The number of amides is 1. The Kier molecular flexibility index (Phi) is 3.17. The number of aryl methyl sites for hydroxylation is 1. The fourth-order valence-electron chi connectivity index (χ4n) is 2.38. The number of carbonyl (C=O) groups excluding carboxylic acids is 1. The van der Waals surface area contributed by atoms with Gasteiger partial charge in [0.2, 0.25) is 5.91 Å². The number of rotatable bonds is 3. The third-order valence-electron chi connectivity index (χ3n) is 3.51. The molecule has 1 unspecified atom stereocenters. The van der Waals surface area contributed by atoms with E-state index in [0.29, 0.717) is 11.5 Å². The molecule has 2 heterocycles. The Balaban J connectivity index is 1.81. The summed E-state index contributed by atoms with van der Waals surface area (Å²) < 4.78 is 0. The topological polar surface area (TPSA) is 99.2 Å². The highest BCUT2D eigenvalue weighted by atomic mass is 16.4. The van der Waals surface area contributed by atoms with E-state index in [1.165, 1.54) is 4.90 Å². The zero-order valence-corrected chi connectivity index (χ0v) is 11.4. The van der Waals surface area contributed by atoms with Crippen molar-refractivity contribution in [1.82, 2.24) is 15.2 Å². The van der Waals surface area contributed by atoms with Crippen LogP contribution < -0.4 is 4.90 Å². The molecule has 1 aromatic carbocycles. The number of anilines is 1. The van der Waals surface area contributed by atoms with Gasteiger partial charge in [-0.2, -0.15) is 5.10 Å². The third kappa shape index (κ3) is 2.49. The average Bonchev–Trinajstić information content (AvgIpc) is 3.05. The standard InChI is InChI=1S/C14H14N4O3/c1-8-15-13(17-16-8)9-2-4-11(5-3-9)18-7-10(14(20)21)6-12(18)19/h2-5,10H,6-7H2,1H3,(H,20,21)(H,15,16,17). The molecule has 3 rings (SSSR count). The van der Waals surface area contributed by atoms with Gasteiger partial charge in [0.05, 0.1) is 5.92 Å². The molecular weight excluding hydrogens is 272 g/mol. The monoisotopic (exact) mass is 286 g/mol. The van der Waals surface area contributed by atoms with Crippen molar-refractivity contribution in [2.24, 2.45) is 5.92 Å². The van der Waals surface area contributed by atoms with Crippen LogP contribution in [0, 0.1) is 12.8 Å². The third-order valence-corrected chi connectivity index (χ3v) is 3.51. The lowest BCUT2D eigenvalue weighted by molar-refractivity contribution is -0.141. The number of carbonyl (C=O) groups is 2. The first-order valence-electron chi connectivity index (χ1n) is 6.57. The Morgan fingerprint density at radius 3 is 2.62 bits per heavy atom. The van der Waals surface area contributed by atoms with Crippen LogP contribution >= 0.6 is 0 Å². The lowest BCUT2D eigenvalue weighted by atomic mass is 10.1. The van der Waals surface area contributed by atoms with E-state index in [1.807, 2.05) is 19.1 Å². The Bertz CT molecular complexity index is 692. The molecule has 1 amide bonds. The first kappa shape index (κ1) is 13.3. The van der Waals surface area contributed by atoms with Crippen LogP contribution in [0.2, 0.25) is 0 Å². The van der Waals surface area contributed by atoms with Crippen LogP contribution in [0.3, 0.4) is 0 Å². The summed E-state index contributed by atoms with van der Waals surface area (Å²) in [6.45, 7) is 2.03. The van der Waals surface area contributed by atoms with Gasteiger partial charge in [0.25, 0.3) is 0 Å². The summed E-state index contributed by atoms with van der Waals surface area (Å²) in [6.07, 6.45) is 0.0528. The van der Waals surface area contributed by atoms with Gasteiger partial charge in [-0.15, -0.1) is 0 Å². The molecule has 1 aliphatic rings. The summed E-state index contributed by atoms with van der Waals surface area (Å²) in [5.41, 5.74) is 1.53. The molecule has 2 N–H and O–H groups in total. The van der Waals surface area contributed by atoms with Crippen LogP contribution in [0.5, 0.6) is 0 Å². The van der Waals surface area contributed by atoms with Crippen LogP contribution in [0.25, 0.3) is 11.4 Å². The molecule has 21 heavy (non-hydrogen) atoms. The second kappa shape index (κ2) is 5.01. The van der Waals surface area contributed by atoms with Gasteiger partial charge < -0.3 is 10.0 Å². The average molecular weight is 286 g/mol. The number of hydrogen-bond acceptors (Lipinski definition) is 4. The number of aromatic amines is 1. The predicted molar refractivity (Wildman–Crippen MR) is 74.7 cm³/mol. The number of hydrogen-bond donors (Lipinski definition) is 2. The zero-order chi connectivity index (χ0) is 15.0. The van der Waals surface area contributed by atoms with E-state index in [9.17, 15) is 9.59 Å². The number of carboxylic acid groups (broad SMARTS) is 1. The van der Waals surface area contributed by atoms with Crippen molar-refractivity contribution in [2.45, 2.75) is 13.3 Å². The maximum atomic E-state index is 11.9. The molecule has 0 bridgehead atoms. The van der Waals surface area contributed by atoms with Gasteiger partial charge >= 0.3 is 5.97 Å². The summed E-state index contributed by atoms with van der Waals surface area (Å²) in [5.74, 6) is -0.404. The number of carboxylic acids is 1. The van der Waals surface area contributed by atoms with Crippen molar-refractivity contribution in [2.75, 3.05) is 11.4 Å². The molecule has 1 atom stereocenters. The van der Waals surface area contributed by atoms with Crippen molar-refractivity contribution in [3.8, 4) is 11.4 Å². The van der Waals surface area contributed by atoms with Crippen LogP contribution in [-0.2, 0) is 9.59 Å². The van der Waals surface area contributed by atoms with Crippen molar-refractivity contribution in [3.05, 3.63) is 30.1 Å². The summed E-state index contributed by atoms with van der Waals surface area (Å²) >= 11 is 0. The van der Waals surface area contributed by atoms with Gasteiger partial charge in [0, 0.05) is 24.2 Å². The smallest absolute Gasteiger partial charge is 0.308 e. The molecule has 0 saturated carbocycles. The van der Waals surface area contributed by atoms with Crippen molar-refractivity contribution in [1.29, 1.82) is 0 Å². The number of H-pyrrole nitrogens is 1. The van der Waals surface area contributed by atoms with Gasteiger partial charge in [0.1, 0.15) is 5.82 Å². The lowest BCUT2D eigenvalue weighted by Crippen LogP contribution is -2.25. The summed E-state index contributed by atoms with van der Waals surface area (Å²) in [5, 5.41) is 15.8. The van der Waals surface area contributed by atoms with E-state index < -0.39 is 11.9 Å². The highest BCUT2D eigenvalue weighted by Gasteiger charge is 2.34. The second-order valence-corrected chi connectivity index (χ2v) is 5.03. The molecule has 108 valence electrons. The Labute approximate surface area is 120 Å². The SMILES string of the molecule is Cc1nc(-c2ccc(N3CC(C(=O)O)CC3=O)cc2)n[nH]1. The highest BCUT2D eigenvalue weighted by molar-refractivity contribution is 5.99. The van der Waals surface area contributed by atoms with E-state index in [4.69, 9.17) is 5.11 Å². The van der Waals surface area contributed by atoms with Crippen LogP contribution in [0.4, 0.5) is 5.69 Å². The van der Waals surface area contributed by atoms with E-state index in [2.05, 4.69) is 15.2 Å². The lowest BCUT2D eigenvalue weighted by Gasteiger charge is -2.16. The van der Waals surface area contributed by atoms with E-state index in [0.717, 1.165) is 11.4 Å². The molecule has 0 spiro atoms. The minimum absolute atomic E-state index is 0.0528. The largest absolute Gasteiger partial charge is 0.481 e. The number of benzene rings is 1. The minimum Gasteiger partial charge on any atom is -0.481 e.